The van der Waals surface area contributed by atoms with E-state index < -0.39 is 39.5 Å². The molecule has 1 aromatic carbocycles. The molecule has 2 aromatic rings. The fourth-order valence-electron chi connectivity index (χ4n) is 2.90. The van der Waals surface area contributed by atoms with Gasteiger partial charge in [-0.15, -0.1) is 0 Å². The molecule has 1 aliphatic heterocycles. The molecule has 10 nitrogen and oxygen atoms in total. The molecule has 138 valence electrons. The lowest BCUT2D eigenvalue weighted by atomic mass is 10.1. The molecular weight excluding hydrogens is 356 g/mol. The van der Waals surface area contributed by atoms with E-state index in [-0.39, 0.29) is 19.5 Å². The standard InChI is InChI=1S/C17H14N4O6/c18-14(22)13-8-10(21(26)27)9-19(15(13)23)6-3-7-20-16(24)11-4-1-2-5-12(11)17(20)25/h1-2,4-5,8-9H,3,6-7H2,(H2,18,22). The summed E-state index contributed by atoms with van der Waals surface area (Å²) in [6.07, 6.45) is 1.17. The topological polar surface area (TPSA) is 146 Å². The number of hydrogen-bond donors (Lipinski definition) is 1. The molecule has 2 heterocycles. The molecule has 0 spiro atoms. The Kier molecular flexibility index (Phi) is 4.55. The number of nitrogens with two attached hydrogens (primary N) is 1. The van der Waals surface area contributed by atoms with Gasteiger partial charge in [-0.3, -0.25) is 34.2 Å². The Bertz CT molecular complexity index is 1010. The Morgan fingerprint density at radius 3 is 2.19 bits per heavy atom. The zero-order chi connectivity index (χ0) is 19.7. The first kappa shape index (κ1) is 18.0. The lowest BCUT2D eigenvalue weighted by molar-refractivity contribution is -0.385. The monoisotopic (exact) mass is 370 g/mol. The molecule has 0 aliphatic carbocycles. The van der Waals surface area contributed by atoms with Crippen LogP contribution in [0.15, 0.2) is 41.3 Å². The second-order valence-electron chi connectivity index (χ2n) is 5.89. The van der Waals surface area contributed by atoms with Gasteiger partial charge in [-0.25, -0.2) is 0 Å². The van der Waals surface area contributed by atoms with E-state index in [0.29, 0.717) is 11.1 Å². The van der Waals surface area contributed by atoms with Gasteiger partial charge in [0.05, 0.1) is 22.2 Å². The van der Waals surface area contributed by atoms with Crippen molar-refractivity contribution in [2.45, 2.75) is 13.0 Å². The van der Waals surface area contributed by atoms with Gasteiger partial charge in [0.25, 0.3) is 29.0 Å². The number of nitro groups is 1. The van der Waals surface area contributed by atoms with E-state index >= 15 is 0 Å². The summed E-state index contributed by atoms with van der Waals surface area (Å²) in [6, 6.07) is 7.24. The number of nitrogens with zero attached hydrogens (tertiary/aromatic N) is 3. The van der Waals surface area contributed by atoms with Crippen molar-refractivity contribution in [1.82, 2.24) is 9.47 Å². The Morgan fingerprint density at radius 1 is 1.07 bits per heavy atom. The van der Waals surface area contributed by atoms with E-state index in [1.54, 1.807) is 24.3 Å². The third-order valence-electron chi connectivity index (χ3n) is 4.21. The zero-order valence-corrected chi connectivity index (χ0v) is 14.0. The van der Waals surface area contributed by atoms with Crippen molar-refractivity contribution in [3.63, 3.8) is 0 Å². The number of carbonyl (C=O) groups excluding carboxylic acids is 3. The summed E-state index contributed by atoms with van der Waals surface area (Å²) in [6.45, 7) is -0.0123. The maximum atomic E-state index is 12.3. The molecule has 2 N–H and O–H groups in total. The third kappa shape index (κ3) is 3.19. The van der Waals surface area contributed by atoms with Crippen LogP contribution in [0, 0.1) is 10.1 Å². The maximum Gasteiger partial charge on any atom is 0.286 e. The van der Waals surface area contributed by atoms with E-state index in [1.165, 1.54) is 0 Å². The van der Waals surface area contributed by atoms with E-state index in [9.17, 15) is 29.3 Å². The van der Waals surface area contributed by atoms with Crippen LogP contribution < -0.4 is 11.3 Å². The largest absolute Gasteiger partial charge is 0.365 e. The van der Waals surface area contributed by atoms with Crippen molar-refractivity contribution in [2.24, 2.45) is 5.73 Å². The highest BCUT2D eigenvalue weighted by Gasteiger charge is 2.34. The lowest BCUT2D eigenvalue weighted by Gasteiger charge is -2.14. The van der Waals surface area contributed by atoms with Crippen LogP contribution in [0.4, 0.5) is 5.69 Å². The van der Waals surface area contributed by atoms with Gasteiger partial charge in [0.15, 0.2) is 0 Å². The van der Waals surface area contributed by atoms with Crippen LogP contribution in [0.1, 0.15) is 37.5 Å². The molecule has 27 heavy (non-hydrogen) atoms. The van der Waals surface area contributed by atoms with Gasteiger partial charge >= 0.3 is 0 Å². The highest BCUT2D eigenvalue weighted by atomic mass is 16.6. The van der Waals surface area contributed by atoms with Gasteiger partial charge in [-0.1, -0.05) is 12.1 Å². The van der Waals surface area contributed by atoms with Gasteiger partial charge in [-0.2, -0.15) is 0 Å². The van der Waals surface area contributed by atoms with Crippen LogP contribution in [0.2, 0.25) is 0 Å². The first-order valence-corrected chi connectivity index (χ1v) is 7.95. The zero-order valence-electron chi connectivity index (χ0n) is 14.0. The second-order valence-corrected chi connectivity index (χ2v) is 5.89. The normalized spacial score (nSPS) is 13.0. The van der Waals surface area contributed by atoms with Gasteiger partial charge in [0.1, 0.15) is 5.56 Å². The SMILES string of the molecule is NC(=O)c1cc([N+](=O)[O-])cn(CCCN2C(=O)c3ccccc3C2=O)c1=O. The van der Waals surface area contributed by atoms with Gasteiger partial charge in [-0.05, 0) is 18.6 Å². The molecule has 0 bridgehead atoms. The molecular formula is C17H14N4O6. The van der Waals surface area contributed by atoms with Crippen molar-refractivity contribution in [2.75, 3.05) is 6.54 Å². The first-order chi connectivity index (χ1) is 12.8. The summed E-state index contributed by atoms with van der Waals surface area (Å²) >= 11 is 0. The molecule has 0 radical (unpaired) electrons. The minimum absolute atomic E-state index is 0.0212. The van der Waals surface area contributed by atoms with Crippen LogP contribution in [0.5, 0.6) is 0 Å². The van der Waals surface area contributed by atoms with E-state index in [2.05, 4.69) is 0 Å². The summed E-state index contributed by atoms with van der Waals surface area (Å²) < 4.78 is 0.983. The minimum atomic E-state index is -1.07. The Hall–Kier alpha value is -3.82. The van der Waals surface area contributed by atoms with E-state index in [0.717, 1.165) is 21.7 Å². The van der Waals surface area contributed by atoms with Gasteiger partial charge in [0.2, 0.25) is 0 Å². The van der Waals surface area contributed by atoms with Crippen LogP contribution in [-0.4, -0.2) is 38.7 Å². The molecule has 0 atom stereocenters. The summed E-state index contributed by atoms with van der Waals surface area (Å²) in [7, 11) is 0. The number of rotatable bonds is 6. The first-order valence-electron chi connectivity index (χ1n) is 7.95. The van der Waals surface area contributed by atoms with Crippen molar-refractivity contribution in [3.05, 3.63) is 73.7 Å². The third-order valence-corrected chi connectivity index (χ3v) is 4.21. The molecule has 1 aliphatic rings. The Balaban J connectivity index is 1.78. The van der Waals surface area contributed by atoms with E-state index in [1.807, 2.05) is 0 Å². The average molecular weight is 370 g/mol. The summed E-state index contributed by atoms with van der Waals surface area (Å²) in [5.41, 5.74) is 4.00. The molecule has 1 aromatic heterocycles. The number of primary amides is 1. The van der Waals surface area contributed by atoms with Gasteiger partial charge in [0, 0.05) is 19.2 Å². The summed E-state index contributed by atoms with van der Waals surface area (Å²) in [5.74, 6) is -1.93. The lowest BCUT2D eigenvalue weighted by Crippen LogP contribution is -2.33. The molecule has 0 fully saturated rings. The number of imide groups is 1. The van der Waals surface area contributed by atoms with Crippen molar-refractivity contribution >= 4 is 23.4 Å². The fraction of sp³-hybridized carbons (Fsp3) is 0.176. The van der Waals surface area contributed by atoms with Crippen LogP contribution in [-0.2, 0) is 6.54 Å². The maximum absolute atomic E-state index is 12.3. The predicted octanol–water partition coefficient (Wildman–Crippen LogP) is 0.542. The molecule has 0 saturated heterocycles. The number of aromatic nitrogens is 1. The quantitative estimate of drug-likeness (QED) is 0.446. The van der Waals surface area contributed by atoms with Crippen LogP contribution >= 0.6 is 0 Å². The molecule has 0 saturated carbocycles. The number of aryl methyl sites for hydroxylation is 1. The van der Waals surface area contributed by atoms with E-state index in [4.69, 9.17) is 5.73 Å². The molecule has 10 heteroatoms. The second kappa shape index (κ2) is 6.83. The number of hydrogen-bond acceptors (Lipinski definition) is 6. The van der Waals surface area contributed by atoms with Gasteiger partial charge < -0.3 is 10.3 Å². The minimum Gasteiger partial charge on any atom is -0.365 e. The van der Waals surface area contributed by atoms with Crippen molar-refractivity contribution in [1.29, 1.82) is 0 Å². The molecule has 3 rings (SSSR count). The highest BCUT2D eigenvalue weighted by molar-refractivity contribution is 6.21. The Morgan fingerprint density at radius 2 is 1.67 bits per heavy atom. The highest BCUT2D eigenvalue weighted by Crippen LogP contribution is 2.22. The van der Waals surface area contributed by atoms with Crippen LogP contribution in [0.3, 0.4) is 0 Å². The molecule has 3 amide bonds. The summed E-state index contributed by atoms with van der Waals surface area (Å²) in [5, 5.41) is 11.0. The number of fused-ring (bicyclic) bond motifs is 1. The Labute approximate surface area is 152 Å². The van der Waals surface area contributed by atoms with Crippen LogP contribution in [0.25, 0.3) is 0 Å². The smallest absolute Gasteiger partial charge is 0.286 e. The number of benzene rings is 1. The molecule has 0 unspecified atom stereocenters. The predicted molar refractivity (Wildman–Crippen MR) is 92.3 cm³/mol. The summed E-state index contributed by atoms with van der Waals surface area (Å²) in [4.78, 5) is 59.4. The number of carbonyl (C=O) groups is 3. The number of amides is 3. The average Bonchev–Trinajstić information content (AvgIpc) is 2.87. The fourth-order valence-corrected chi connectivity index (χ4v) is 2.90. The number of pyridine rings is 1. The van der Waals surface area contributed by atoms with Crippen molar-refractivity contribution < 1.29 is 19.3 Å². The van der Waals surface area contributed by atoms with Crippen molar-refractivity contribution in [3.8, 4) is 0 Å².